The van der Waals surface area contributed by atoms with Crippen molar-refractivity contribution in [1.29, 1.82) is 0 Å². The Morgan fingerprint density at radius 3 is 1.47 bits per heavy atom. The maximum atomic E-state index is 11.2. The minimum atomic E-state index is -1.37. The first kappa shape index (κ1) is 13.9. The van der Waals surface area contributed by atoms with Crippen LogP contribution in [0.3, 0.4) is 0 Å². The Balaban J connectivity index is 4.85. The Morgan fingerprint density at radius 2 is 1.20 bits per heavy atom. The number of carbonyl (C=O) groups is 3. The van der Waals surface area contributed by atoms with Crippen molar-refractivity contribution in [2.75, 3.05) is 21.3 Å². The van der Waals surface area contributed by atoms with Crippen LogP contribution in [-0.2, 0) is 28.6 Å². The number of alkyl halides is 1. The number of esters is 3. The van der Waals surface area contributed by atoms with Crippen molar-refractivity contribution in [3.63, 3.8) is 0 Å². The summed E-state index contributed by atoms with van der Waals surface area (Å²) in [5.41, 5.74) is 0. The van der Waals surface area contributed by atoms with Crippen LogP contribution in [0, 0.1) is 5.92 Å². The topological polar surface area (TPSA) is 78.9 Å². The quantitative estimate of drug-likeness (QED) is 0.310. The molecule has 0 aromatic rings. The van der Waals surface area contributed by atoms with Crippen LogP contribution in [0.4, 0.5) is 0 Å². The highest BCUT2D eigenvalue weighted by atomic mass is 79.9. The molecule has 15 heavy (non-hydrogen) atoms. The minimum Gasteiger partial charge on any atom is -0.468 e. The molecule has 0 heterocycles. The van der Waals surface area contributed by atoms with Gasteiger partial charge in [-0.3, -0.25) is 14.4 Å². The van der Waals surface area contributed by atoms with Crippen LogP contribution in [0.2, 0.25) is 0 Å². The fraction of sp³-hybridized carbons (Fsp3) is 0.625. The van der Waals surface area contributed by atoms with Gasteiger partial charge in [0.15, 0.2) is 5.92 Å². The summed E-state index contributed by atoms with van der Waals surface area (Å²) in [5, 5.41) is 0. The lowest BCUT2D eigenvalue weighted by molar-refractivity contribution is -0.162. The lowest BCUT2D eigenvalue weighted by Gasteiger charge is -2.15. The number of methoxy groups -OCH3 is 3. The number of halogens is 1. The summed E-state index contributed by atoms with van der Waals surface area (Å²) in [4.78, 5) is 32.4. The van der Waals surface area contributed by atoms with Gasteiger partial charge in [-0.15, -0.1) is 0 Å². The van der Waals surface area contributed by atoms with E-state index in [4.69, 9.17) is 0 Å². The molecule has 6 nitrogen and oxygen atoms in total. The normalized spacial score (nSPS) is 11.8. The average molecular weight is 283 g/mol. The zero-order valence-corrected chi connectivity index (χ0v) is 10.1. The van der Waals surface area contributed by atoms with Gasteiger partial charge in [0.25, 0.3) is 0 Å². The van der Waals surface area contributed by atoms with Gasteiger partial charge < -0.3 is 14.2 Å². The first-order valence-electron chi connectivity index (χ1n) is 3.87. The van der Waals surface area contributed by atoms with Gasteiger partial charge in [-0.2, -0.15) is 0 Å². The van der Waals surface area contributed by atoms with Crippen LogP contribution in [0.15, 0.2) is 0 Å². The summed E-state index contributed by atoms with van der Waals surface area (Å²) in [6.07, 6.45) is 0. The largest absolute Gasteiger partial charge is 0.468 e. The monoisotopic (exact) mass is 282 g/mol. The second-order valence-corrected chi connectivity index (χ2v) is 3.44. The zero-order chi connectivity index (χ0) is 12.0. The van der Waals surface area contributed by atoms with Crippen LogP contribution in [0.5, 0.6) is 0 Å². The number of hydrogen-bond acceptors (Lipinski definition) is 6. The van der Waals surface area contributed by atoms with Crippen LogP contribution >= 0.6 is 15.9 Å². The van der Waals surface area contributed by atoms with Gasteiger partial charge in [0, 0.05) is 0 Å². The van der Waals surface area contributed by atoms with Gasteiger partial charge in [-0.1, -0.05) is 15.9 Å². The predicted octanol–water partition coefficient (Wildman–Crippen LogP) is -0.115. The molecule has 0 bridgehead atoms. The van der Waals surface area contributed by atoms with Gasteiger partial charge in [-0.25, -0.2) is 0 Å². The van der Waals surface area contributed by atoms with Crippen LogP contribution in [0.25, 0.3) is 0 Å². The number of hydrogen-bond donors (Lipinski definition) is 0. The molecular weight excluding hydrogens is 272 g/mol. The Labute approximate surface area is 95.0 Å². The Morgan fingerprint density at radius 1 is 0.867 bits per heavy atom. The van der Waals surface area contributed by atoms with E-state index < -0.39 is 28.7 Å². The molecule has 7 heteroatoms. The van der Waals surface area contributed by atoms with E-state index in [2.05, 4.69) is 30.1 Å². The van der Waals surface area contributed by atoms with E-state index in [1.54, 1.807) is 0 Å². The number of carbonyl (C=O) groups excluding carboxylic acids is 3. The summed E-state index contributed by atoms with van der Waals surface area (Å²) in [7, 11) is 3.35. The van der Waals surface area contributed by atoms with E-state index in [1.807, 2.05) is 0 Å². The van der Waals surface area contributed by atoms with Crippen molar-refractivity contribution in [2.24, 2.45) is 5.92 Å². The molecule has 0 aliphatic rings. The Kier molecular flexibility index (Phi) is 5.92. The molecule has 0 amide bonds. The molecule has 0 saturated heterocycles. The number of ether oxygens (including phenoxy) is 3. The Bertz CT molecular complexity index is 248. The molecule has 1 atom stereocenters. The highest BCUT2D eigenvalue weighted by Crippen LogP contribution is 2.18. The molecule has 86 valence electrons. The van der Waals surface area contributed by atoms with Gasteiger partial charge in [0.05, 0.1) is 21.3 Å². The highest BCUT2D eigenvalue weighted by Gasteiger charge is 2.40. The SMILES string of the molecule is COC(=O)C(Br)C(C(=O)OC)C(=O)OC. The lowest BCUT2D eigenvalue weighted by atomic mass is 10.1. The van der Waals surface area contributed by atoms with Crippen LogP contribution < -0.4 is 0 Å². The summed E-state index contributed by atoms with van der Waals surface area (Å²) < 4.78 is 13.1. The Hall–Kier alpha value is -1.11. The minimum absolute atomic E-state index is 0.754. The van der Waals surface area contributed by atoms with Crippen molar-refractivity contribution < 1.29 is 28.6 Å². The fourth-order valence-electron chi connectivity index (χ4n) is 0.838. The molecule has 0 aromatic heterocycles. The van der Waals surface area contributed by atoms with Crippen molar-refractivity contribution in [3.05, 3.63) is 0 Å². The molecule has 0 aliphatic heterocycles. The third-order valence-electron chi connectivity index (χ3n) is 1.63. The second-order valence-electron chi connectivity index (χ2n) is 2.45. The zero-order valence-electron chi connectivity index (χ0n) is 8.48. The molecule has 0 fully saturated rings. The predicted molar refractivity (Wildman–Crippen MR) is 52.3 cm³/mol. The van der Waals surface area contributed by atoms with Crippen molar-refractivity contribution in [2.45, 2.75) is 4.83 Å². The van der Waals surface area contributed by atoms with E-state index in [9.17, 15) is 14.4 Å². The van der Waals surface area contributed by atoms with E-state index in [-0.39, 0.29) is 0 Å². The highest BCUT2D eigenvalue weighted by molar-refractivity contribution is 9.10. The molecule has 0 spiro atoms. The first-order chi connectivity index (χ1) is 6.99. The third kappa shape index (κ3) is 3.50. The summed E-state index contributed by atoms with van der Waals surface area (Å²) in [6, 6.07) is 0. The standard InChI is InChI=1S/C8H11BrO6/c1-13-6(10)4(7(11)14-2)5(9)8(12)15-3/h4-5H,1-3H3. The fourth-order valence-corrected chi connectivity index (χ4v) is 1.46. The second kappa shape index (κ2) is 6.39. The van der Waals surface area contributed by atoms with Crippen LogP contribution in [0.1, 0.15) is 0 Å². The lowest BCUT2D eigenvalue weighted by Crippen LogP contribution is -2.38. The molecule has 0 aliphatic carbocycles. The van der Waals surface area contributed by atoms with E-state index >= 15 is 0 Å². The molecule has 0 N–H and O–H groups in total. The molecule has 0 aromatic carbocycles. The van der Waals surface area contributed by atoms with Crippen molar-refractivity contribution in [1.82, 2.24) is 0 Å². The van der Waals surface area contributed by atoms with Gasteiger partial charge >= 0.3 is 17.9 Å². The molecule has 0 rings (SSSR count). The summed E-state index contributed by atoms with van der Waals surface area (Å²) in [5.74, 6) is -3.86. The van der Waals surface area contributed by atoms with E-state index in [0.29, 0.717) is 0 Å². The summed E-state index contributed by atoms with van der Waals surface area (Å²) in [6.45, 7) is 0. The van der Waals surface area contributed by atoms with Gasteiger partial charge in [0.2, 0.25) is 0 Å². The summed E-state index contributed by atoms with van der Waals surface area (Å²) >= 11 is 2.88. The maximum absolute atomic E-state index is 11.2. The van der Waals surface area contributed by atoms with Gasteiger partial charge in [0.1, 0.15) is 4.83 Å². The van der Waals surface area contributed by atoms with E-state index in [0.717, 1.165) is 21.3 Å². The third-order valence-corrected chi connectivity index (χ3v) is 2.53. The first-order valence-corrected chi connectivity index (χ1v) is 4.78. The molecule has 0 radical (unpaired) electrons. The smallest absolute Gasteiger partial charge is 0.321 e. The maximum Gasteiger partial charge on any atom is 0.321 e. The molecular formula is C8H11BrO6. The van der Waals surface area contributed by atoms with Crippen LogP contribution in [-0.4, -0.2) is 44.1 Å². The van der Waals surface area contributed by atoms with Crippen molar-refractivity contribution in [3.8, 4) is 0 Å². The average Bonchev–Trinajstić information content (AvgIpc) is 2.27. The van der Waals surface area contributed by atoms with E-state index in [1.165, 1.54) is 0 Å². The van der Waals surface area contributed by atoms with Crippen molar-refractivity contribution >= 4 is 33.8 Å². The molecule has 0 saturated carbocycles. The van der Waals surface area contributed by atoms with Gasteiger partial charge in [-0.05, 0) is 0 Å². The molecule has 1 unspecified atom stereocenters. The number of rotatable bonds is 4.